The fourth-order valence-electron chi connectivity index (χ4n) is 9.81. The smallest absolute Gasteiger partial charge is 0.0381 e. The Bertz CT molecular complexity index is 649. The molecule has 0 saturated heterocycles. The van der Waals surface area contributed by atoms with Crippen molar-refractivity contribution in [2.75, 3.05) is 10.6 Å². The molecule has 8 aliphatic rings. The Labute approximate surface area is 170 Å². The van der Waals surface area contributed by atoms with E-state index in [0.717, 1.165) is 35.5 Å². The van der Waals surface area contributed by atoms with E-state index in [4.69, 9.17) is 0 Å². The van der Waals surface area contributed by atoms with Gasteiger partial charge in [0, 0.05) is 22.5 Å². The molecule has 9 rings (SSSR count). The maximum Gasteiger partial charge on any atom is 0.0381 e. The molecule has 8 fully saturated rings. The van der Waals surface area contributed by atoms with E-state index < -0.39 is 0 Å². The molecule has 0 amide bonds. The molecule has 0 aliphatic heterocycles. The molecule has 8 bridgehead atoms. The molecule has 0 unspecified atom stereocenters. The van der Waals surface area contributed by atoms with Gasteiger partial charge >= 0.3 is 0 Å². The van der Waals surface area contributed by atoms with Gasteiger partial charge in [0.1, 0.15) is 0 Å². The Morgan fingerprint density at radius 2 is 0.857 bits per heavy atom. The number of benzene rings is 1. The highest BCUT2D eigenvalue weighted by Gasteiger charge is 2.52. The zero-order chi connectivity index (χ0) is 18.3. The van der Waals surface area contributed by atoms with E-state index >= 15 is 0 Å². The second-order valence-corrected chi connectivity index (χ2v) is 12.2. The first-order valence-electron chi connectivity index (χ1n) is 12.3. The van der Waals surface area contributed by atoms with Crippen LogP contribution in [0.25, 0.3) is 0 Å². The van der Waals surface area contributed by atoms with Crippen molar-refractivity contribution in [3.8, 4) is 0 Å². The molecule has 2 nitrogen and oxygen atoms in total. The summed E-state index contributed by atoms with van der Waals surface area (Å²) in [5.41, 5.74) is 3.57. The van der Waals surface area contributed by atoms with E-state index in [0.29, 0.717) is 11.1 Å². The van der Waals surface area contributed by atoms with E-state index in [-0.39, 0.29) is 0 Å². The van der Waals surface area contributed by atoms with Gasteiger partial charge in [-0.05, 0) is 131 Å². The third-order valence-electron chi connectivity index (χ3n) is 9.76. The molecule has 150 valence electrons. The van der Waals surface area contributed by atoms with Crippen molar-refractivity contribution in [3.05, 3.63) is 24.3 Å². The summed E-state index contributed by atoms with van der Waals surface area (Å²) < 4.78 is 0. The van der Waals surface area contributed by atoms with E-state index in [1.807, 2.05) is 0 Å². The zero-order valence-corrected chi connectivity index (χ0v) is 17.3. The SMILES string of the molecule is c1cc(NC23CC4CC(CC(C4)C2)C3)cc(NC23CC4CC(CC(C4)C2)C3)c1. The summed E-state index contributed by atoms with van der Waals surface area (Å²) in [6, 6.07) is 9.37. The van der Waals surface area contributed by atoms with Crippen LogP contribution in [0.3, 0.4) is 0 Å². The minimum atomic E-state index is 0.411. The van der Waals surface area contributed by atoms with Gasteiger partial charge < -0.3 is 10.6 Å². The lowest BCUT2D eigenvalue weighted by Crippen LogP contribution is -2.55. The van der Waals surface area contributed by atoms with Crippen LogP contribution in [0, 0.1) is 35.5 Å². The molecule has 28 heavy (non-hydrogen) atoms. The number of nitrogens with one attached hydrogen (secondary N) is 2. The highest BCUT2D eigenvalue weighted by molar-refractivity contribution is 5.59. The average Bonchev–Trinajstić information content (AvgIpc) is 2.58. The lowest BCUT2D eigenvalue weighted by molar-refractivity contribution is 0.0106. The maximum absolute atomic E-state index is 4.10. The Balaban J connectivity index is 1.12. The fourth-order valence-corrected chi connectivity index (χ4v) is 9.81. The van der Waals surface area contributed by atoms with E-state index in [2.05, 4.69) is 34.9 Å². The van der Waals surface area contributed by atoms with Crippen molar-refractivity contribution in [1.82, 2.24) is 0 Å². The van der Waals surface area contributed by atoms with Gasteiger partial charge in [0.25, 0.3) is 0 Å². The maximum atomic E-state index is 4.10. The van der Waals surface area contributed by atoms with Crippen LogP contribution in [0.4, 0.5) is 11.4 Å². The van der Waals surface area contributed by atoms with Gasteiger partial charge in [0.05, 0.1) is 0 Å². The molecule has 1 aromatic rings. The van der Waals surface area contributed by atoms with Gasteiger partial charge in [0.15, 0.2) is 0 Å². The standard InChI is InChI=1S/C26H36N2/c1-2-23(27-25-11-17-4-18(12-25)6-19(5-17)13-25)10-24(3-1)28-26-14-20-7-21(15-26)9-22(8-20)16-26/h1-3,10,17-22,27-28H,4-9,11-16H2. The van der Waals surface area contributed by atoms with Crippen LogP contribution in [0.15, 0.2) is 24.3 Å². The molecule has 8 aliphatic carbocycles. The zero-order valence-electron chi connectivity index (χ0n) is 17.3. The highest BCUT2D eigenvalue weighted by Crippen LogP contribution is 2.58. The van der Waals surface area contributed by atoms with Crippen LogP contribution < -0.4 is 10.6 Å². The normalized spacial score (nSPS) is 50.1. The molecule has 2 N–H and O–H groups in total. The molecular weight excluding hydrogens is 340 g/mol. The lowest BCUT2D eigenvalue weighted by atomic mass is 9.53. The Morgan fingerprint density at radius 3 is 1.18 bits per heavy atom. The summed E-state index contributed by atoms with van der Waals surface area (Å²) in [7, 11) is 0. The number of hydrogen-bond donors (Lipinski definition) is 2. The Kier molecular flexibility index (Phi) is 3.38. The molecule has 0 atom stereocenters. The third kappa shape index (κ3) is 2.66. The van der Waals surface area contributed by atoms with E-state index in [9.17, 15) is 0 Å². The summed E-state index contributed by atoms with van der Waals surface area (Å²) in [5.74, 6) is 6.04. The van der Waals surface area contributed by atoms with Crippen molar-refractivity contribution in [3.63, 3.8) is 0 Å². The quantitative estimate of drug-likeness (QED) is 0.631. The molecule has 8 saturated carbocycles. The van der Waals surface area contributed by atoms with Crippen LogP contribution in [0.5, 0.6) is 0 Å². The highest BCUT2D eigenvalue weighted by atomic mass is 15.0. The van der Waals surface area contributed by atoms with Gasteiger partial charge in [-0.2, -0.15) is 0 Å². The van der Waals surface area contributed by atoms with Crippen molar-refractivity contribution in [2.24, 2.45) is 35.5 Å². The van der Waals surface area contributed by atoms with Gasteiger partial charge in [0.2, 0.25) is 0 Å². The first-order valence-corrected chi connectivity index (χ1v) is 12.3. The van der Waals surface area contributed by atoms with Crippen LogP contribution >= 0.6 is 0 Å². The van der Waals surface area contributed by atoms with Crippen molar-refractivity contribution < 1.29 is 0 Å². The minimum absolute atomic E-state index is 0.411. The predicted molar refractivity (Wildman–Crippen MR) is 115 cm³/mol. The Hall–Kier alpha value is -1.18. The number of rotatable bonds is 4. The average molecular weight is 377 g/mol. The molecule has 2 heteroatoms. The molecule has 0 spiro atoms. The summed E-state index contributed by atoms with van der Waals surface area (Å²) >= 11 is 0. The van der Waals surface area contributed by atoms with E-state index in [1.165, 1.54) is 88.4 Å². The second-order valence-electron chi connectivity index (χ2n) is 12.2. The van der Waals surface area contributed by atoms with E-state index in [1.54, 1.807) is 0 Å². The van der Waals surface area contributed by atoms with Gasteiger partial charge in [-0.1, -0.05) is 6.07 Å². The van der Waals surface area contributed by atoms with Crippen LogP contribution in [-0.2, 0) is 0 Å². The minimum Gasteiger partial charge on any atom is -0.380 e. The summed E-state index contributed by atoms with van der Waals surface area (Å²) in [5, 5.41) is 8.19. The van der Waals surface area contributed by atoms with Crippen LogP contribution in [0.2, 0.25) is 0 Å². The van der Waals surface area contributed by atoms with Crippen LogP contribution in [0.1, 0.15) is 77.0 Å². The predicted octanol–water partition coefficient (Wildman–Crippen LogP) is 6.45. The monoisotopic (exact) mass is 376 g/mol. The lowest BCUT2D eigenvalue weighted by Gasteiger charge is -2.57. The number of anilines is 2. The van der Waals surface area contributed by atoms with Crippen molar-refractivity contribution in [1.29, 1.82) is 0 Å². The largest absolute Gasteiger partial charge is 0.380 e. The summed E-state index contributed by atoms with van der Waals surface area (Å²) in [4.78, 5) is 0. The number of hydrogen-bond acceptors (Lipinski definition) is 2. The second kappa shape index (κ2) is 5.70. The van der Waals surface area contributed by atoms with Gasteiger partial charge in [-0.3, -0.25) is 0 Å². The first kappa shape index (κ1) is 16.6. The van der Waals surface area contributed by atoms with Gasteiger partial charge in [-0.25, -0.2) is 0 Å². The topological polar surface area (TPSA) is 24.1 Å². The molecule has 0 heterocycles. The van der Waals surface area contributed by atoms with Crippen molar-refractivity contribution >= 4 is 11.4 Å². The molecule has 0 radical (unpaired) electrons. The van der Waals surface area contributed by atoms with Crippen molar-refractivity contribution in [2.45, 2.75) is 88.1 Å². The fraction of sp³-hybridized carbons (Fsp3) is 0.769. The molecule has 0 aromatic heterocycles. The Morgan fingerprint density at radius 1 is 0.536 bits per heavy atom. The summed E-state index contributed by atoms with van der Waals surface area (Å²) in [6.45, 7) is 0. The third-order valence-corrected chi connectivity index (χ3v) is 9.76. The molecular formula is C26H36N2. The first-order chi connectivity index (χ1) is 13.6. The molecule has 1 aromatic carbocycles. The summed E-state index contributed by atoms with van der Waals surface area (Å²) in [6.07, 6.45) is 17.7. The van der Waals surface area contributed by atoms with Gasteiger partial charge in [-0.15, -0.1) is 0 Å². The van der Waals surface area contributed by atoms with Crippen LogP contribution in [-0.4, -0.2) is 11.1 Å².